The lowest BCUT2D eigenvalue weighted by Gasteiger charge is -2.19. The van der Waals surface area contributed by atoms with Gasteiger partial charge in [-0.15, -0.1) is 0 Å². The van der Waals surface area contributed by atoms with Gasteiger partial charge in [0.05, 0.1) is 13.2 Å². The molecule has 0 unspecified atom stereocenters. The molecule has 6 nitrogen and oxygen atoms in total. The molecule has 2 N–H and O–H groups in total. The molecule has 172 valence electrons. The van der Waals surface area contributed by atoms with Crippen LogP contribution in [0.25, 0.3) is 0 Å². The molecule has 0 heterocycles. The van der Waals surface area contributed by atoms with Crippen LogP contribution in [-0.4, -0.2) is 43.0 Å². The van der Waals surface area contributed by atoms with Gasteiger partial charge in [0, 0.05) is 42.5 Å². The van der Waals surface area contributed by atoms with Gasteiger partial charge in [0.1, 0.15) is 5.75 Å². The van der Waals surface area contributed by atoms with E-state index in [4.69, 9.17) is 4.74 Å². The normalized spacial score (nSPS) is 10.4. The van der Waals surface area contributed by atoms with Gasteiger partial charge in [-0.1, -0.05) is 42.5 Å². The lowest BCUT2D eigenvalue weighted by molar-refractivity contribution is -0.114. The van der Waals surface area contributed by atoms with Gasteiger partial charge in [0.15, 0.2) is 0 Å². The third kappa shape index (κ3) is 7.38. The number of ether oxygens (including phenoxy) is 1. The zero-order chi connectivity index (χ0) is 23.5. The molecule has 0 bridgehead atoms. The Bertz CT molecular complexity index is 1050. The Morgan fingerprint density at radius 1 is 0.848 bits per heavy atom. The van der Waals surface area contributed by atoms with Crippen molar-refractivity contribution in [2.75, 3.05) is 36.9 Å². The predicted molar refractivity (Wildman–Crippen MR) is 133 cm³/mol. The van der Waals surface area contributed by atoms with Gasteiger partial charge < -0.3 is 20.3 Å². The molecule has 3 aromatic carbocycles. The molecule has 6 heteroatoms. The van der Waals surface area contributed by atoms with Crippen LogP contribution in [0.1, 0.15) is 29.8 Å². The number of nitrogens with one attached hydrogen (secondary N) is 2. The molecule has 0 radical (unpaired) electrons. The van der Waals surface area contributed by atoms with Crippen LogP contribution in [0.2, 0.25) is 0 Å². The molecular weight excluding hydrogens is 414 g/mol. The first-order valence-corrected chi connectivity index (χ1v) is 11.3. The molecule has 33 heavy (non-hydrogen) atoms. The van der Waals surface area contributed by atoms with E-state index in [2.05, 4.69) is 22.8 Å². The van der Waals surface area contributed by atoms with Crippen molar-refractivity contribution in [2.45, 2.75) is 20.3 Å². The highest BCUT2D eigenvalue weighted by atomic mass is 16.5. The number of carbonyl (C=O) groups is 2. The van der Waals surface area contributed by atoms with Crippen LogP contribution in [0.5, 0.6) is 5.75 Å². The molecule has 0 atom stereocenters. The summed E-state index contributed by atoms with van der Waals surface area (Å²) >= 11 is 0. The summed E-state index contributed by atoms with van der Waals surface area (Å²) in [5.74, 6) is 0.508. The number of hydrogen-bond donors (Lipinski definition) is 2. The van der Waals surface area contributed by atoms with Crippen molar-refractivity contribution in [1.82, 2.24) is 4.90 Å². The number of benzene rings is 3. The maximum atomic E-state index is 12.5. The second kappa shape index (κ2) is 12.3. The SMILES string of the molecule is CCN(CC)C(=O)c1cccc(NCC(=O)Nc2cccc(OCCc3ccccc3)c2)c1. The van der Waals surface area contributed by atoms with Crippen molar-refractivity contribution < 1.29 is 14.3 Å². The summed E-state index contributed by atoms with van der Waals surface area (Å²) in [6.45, 7) is 5.87. The molecular formula is C27H31N3O3. The van der Waals surface area contributed by atoms with E-state index >= 15 is 0 Å². The fourth-order valence-electron chi connectivity index (χ4n) is 3.44. The lowest BCUT2D eigenvalue weighted by atomic mass is 10.1. The maximum absolute atomic E-state index is 12.5. The second-order valence-corrected chi connectivity index (χ2v) is 7.57. The third-order valence-corrected chi connectivity index (χ3v) is 5.23. The zero-order valence-corrected chi connectivity index (χ0v) is 19.2. The summed E-state index contributed by atoms with van der Waals surface area (Å²) < 4.78 is 5.83. The Morgan fingerprint density at radius 2 is 1.58 bits per heavy atom. The Kier molecular flexibility index (Phi) is 8.88. The largest absolute Gasteiger partial charge is 0.493 e. The minimum atomic E-state index is -0.183. The van der Waals surface area contributed by atoms with Crippen molar-refractivity contribution in [1.29, 1.82) is 0 Å². The maximum Gasteiger partial charge on any atom is 0.253 e. The number of hydrogen-bond acceptors (Lipinski definition) is 4. The first kappa shape index (κ1) is 23.9. The van der Waals surface area contributed by atoms with E-state index in [1.54, 1.807) is 17.0 Å². The van der Waals surface area contributed by atoms with Gasteiger partial charge in [-0.3, -0.25) is 9.59 Å². The van der Waals surface area contributed by atoms with Crippen molar-refractivity contribution in [2.24, 2.45) is 0 Å². The smallest absolute Gasteiger partial charge is 0.253 e. The standard InChI is InChI=1S/C27H31N3O3/c1-3-30(4-2)27(32)22-12-8-13-23(18-22)28-20-26(31)29-24-14-9-15-25(19-24)33-17-16-21-10-6-5-7-11-21/h5-15,18-19,28H,3-4,16-17,20H2,1-2H3,(H,29,31). The molecule has 0 aliphatic heterocycles. The fourth-order valence-corrected chi connectivity index (χ4v) is 3.44. The van der Waals surface area contributed by atoms with E-state index < -0.39 is 0 Å². The van der Waals surface area contributed by atoms with Gasteiger partial charge >= 0.3 is 0 Å². The summed E-state index contributed by atoms with van der Waals surface area (Å²) in [4.78, 5) is 26.7. The minimum absolute atomic E-state index is 0.0165. The van der Waals surface area contributed by atoms with Gasteiger partial charge in [0.25, 0.3) is 5.91 Å². The van der Waals surface area contributed by atoms with E-state index in [-0.39, 0.29) is 18.4 Å². The quantitative estimate of drug-likeness (QED) is 0.443. The van der Waals surface area contributed by atoms with Crippen LogP contribution in [-0.2, 0) is 11.2 Å². The molecule has 3 rings (SSSR count). The van der Waals surface area contributed by atoms with E-state index in [1.807, 2.05) is 68.4 Å². The Labute approximate surface area is 195 Å². The summed E-state index contributed by atoms with van der Waals surface area (Å²) in [6.07, 6.45) is 0.817. The average molecular weight is 446 g/mol. The number of amides is 2. The average Bonchev–Trinajstić information content (AvgIpc) is 2.84. The van der Waals surface area contributed by atoms with Gasteiger partial charge in [-0.2, -0.15) is 0 Å². The molecule has 2 amide bonds. The Hall–Kier alpha value is -3.80. The monoisotopic (exact) mass is 445 g/mol. The number of nitrogens with zero attached hydrogens (tertiary/aromatic N) is 1. The molecule has 0 spiro atoms. The summed E-state index contributed by atoms with van der Waals surface area (Å²) in [5, 5.41) is 5.97. The number of carbonyl (C=O) groups excluding carboxylic acids is 2. The lowest BCUT2D eigenvalue weighted by Crippen LogP contribution is -2.30. The number of rotatable bonds is 11. The summed E-state index contributed by atoms with van der Waals surface area (Å²) in [6, 6.07) is 24.7. The predicted octanol–water partition coefficient (Wildman–Crippen LogP) is 4.84. The highest BCUT2D eigenvalue weighted by Crippen LogP contribution is 2.18. The van der Waals surface area contributed by atoms with E-state index in [9.17, 15) is 9.59 Å². The van der Waals surface area contributed by atoms with Crippen molar-refractivity contribution in [3.05, 3.63) is 90.0 Å². The fraction of sp³-hybridized carbons (Fsp3) is 0.259. The van der Waals surface area contributed by atoms with Crippen LogP contribution in [0, 0.1) is 0 Å². The number of anilines is 2. The second-order valence-electron chi connectivity index (χ2n) is 7.57. The molecule has 0 aliphatic carbocycles. The minimum Gasteiger partial charge on any atom is -0.493 e. The molecule has 0 saturated carbocycles. The first-order valence-electron chi connectivity index (χ1n) is 11.3. The van der Waals surface area contributed by atoms with Gasteiger partial charge in [0.2, 0.25) is 5.91 Å². The van der Waals surface area contributed by atoms with E-state index in [0.29, 0.717) is 36.7 Å². The van der Waals surface area contributed by atoms with Crippen molar-refractivity contribution in [3.63, 3.8) is 0 Å². The molecule has 0 fully saturated rings. The third-order valence-electron chi connectivity index (χ3n) is 5.23. The van der Waals surface area contributed by atoms with Gasteiger partial charge in [-0.25, -0.2) is 0 Å². The van der Waals surface area contributed by atoms with Crippen molar-refractivity contribution >= 4 is 23.2 Å². The zero-order valence-electron chi connectivity index (χ0n) is 19.2. The summed E-state index contributed by atoms with van der Waals surface area (Å²) in [5.41, 5.74) is 3.21. The van der Waals surface area contributed by atoms with Crippen LogP contribution >= 0.6 is 0 Å². The van der Waals surface area contributed by atoms with E-state index in [1.165, 1.54) is 5.56 Å². The van der Waals surface area contributed by atoms with Gasteiger partial charge in [-0.05, 0) is 49.7 Å². The topological polar surface area (TPSA) is 70.7 Å². The molecule has 3 aromatic rings. The molecule has 0 aromatic heterocycles. The van der Waals surface area contributed by atoms with E-state index in [0.717, 1.165) is 12.1 Å². The molecule has 0 aliphatic rings. The highest BCUT2D eigenvalue weighted by Gasteiger charge is 2.13. The van der Waals surface area contributed by atoms with Crippen LogP contribution < -0.4 is 15.4 Å². The highest BCUT2D eigenvalue weighted by molar-refractivity contribution is 5.96. The Morgan fingerprint density at radius 3 is 2.33 bits per heavy atom. The van der Waals surface area contributed by atoms with Crippen molar-refractivity contribution in [3.8, 4) is 5.75 Å². The first-order chi connectivity index (χ1) is 16.1. The molecule has 0 saturated heterocycles. The van der Waals surface area contributed by atoms with Crippen LogP contribution in [0.15, 0.2) is 78.9 Å². The van der Waals surface area contributed by atoms with Crippen LogP contribution in [0.3, 0.4) is 0 Å². The summed E-state index contributed by atoms with van der Waals surface area (Å²) in [7, 11) is 0. The van der Waals surface area contributed by atoms with Crippen LogP contribution in [0.4, 0.5) is 11.4 Å². The Balaban J connectivity index is 1.49.